The molecule has 9 heteroatoms. The number of sulfonamides is 1. The summed E-state index contributed by atoms with van der Waals surface area (Å²) in [4.78, 5) is 19.9. The molecule has 0 aliphatic carbocycles. The van der Waals surface area contributed by atoms with Crippen molar-refractivity contribution in [1.29, 1.82) is 0 Å². The van der Waals surface area contributed by atoms with Gasteiger partial charge in [-0.1, -0.05) is 0 Å². The standard InChI is InChI=1S/C19H26N4O4S/c1-21(2)12-18(24)22-10-15(11-22)28(25,26)23-8-5-14(6-9-23)16-13-27-17-4-3-7-20-19(16)17/h3-4,7,13-15H,5-6,8-12H2,1-2H3. The van der Waals surface area contributed by atoms with Gasteiger partial charge < -0.3 is 14.2 Å². The molecule has 0 N–H and O–H groups in total. The summed E-state index contributed by atoms with van der Waals surface area (Å²) in [7, 11) is 0.288. The van der Waals surface area contributed by atoms with Crippen LogP contribution in [-0.2, 0) is 14.8 Å². The highest BCUT2D eigenvalue weighted by molar-refractivity contribution is 7.89. The van der Waals surface area contributed by atoms with Crippen molar-refractivity contribution in [3.8, 4) is 0 Å². The van der Waals surface area contributed by atoms with Crippen molar-refractivity contribution in [2.45, 2.75) is 24.0 Å². The summed E-state index contributed by atoms with van der Waals surface area (Å²) in [6.45, 7) is 1.89. The van der Waals surface area contributed by atoms with Gasteiger partial charge in [0.1, 0.15) is 10.8 Å². The van der Waals surface area contributed by atoms with Crippen LogP contribution in [0.25, 0.3) is 11.1 Å². The summed E-state index contributed by atoms with van der Waals surface area (Å²) in [5, 5.41) is -0.480. The minimum Gasteiger partial charge on any atom is -0.462 e. The number of likely N-dealkylation sites (N-methyl/N-ethyl adjacent to an activating group) is 1. The molecular weight excluding hydrogens is 380 g/mol. The van der Waals surface area contributed by atoms with Crippen molar-refractivity contribution in [2.24, 2.45) is 0 Å². The maximum atomic E-state index is 12.9. The van der Waals surface area contributed by atoms with Crippen molar-refractivity contribution in [3.63, 3.8) is 0 Å². The number of pyridine rings is 1. The van der Waals surface area contributed by atoms with Crippen LogP contribution < -0.4 is 0 Å². The van der Waals surface area contributed by atoms with Gasteiger partial charge >= 0.3 is 0 Å². The van der Waals surface area contributed by atoms with E-state index in [4.69, 9.17) is 4.42 Å². The minimum absolute atomic E-state index is 0.0190. The zero-order valence-electron chi connectivity index (χ0n) is 16.2. The van der Waals surface area contributed by atoms with Gasteiger partial charge in [-0.15, -0.1) is 0 Å². The maximum Gasteiger partial charge on any atom is 0.236 e. The lowest BCUT2D eigenvalue weighted by Gasteiger charge is -2.42. The highest BCUT2D eigenvalue weighted by Gasteiger charge is 2.43. The Hall–Kier alpha value is -1.97. The summed E-state index contributed by atoms with van der Waals surface area (Å²) in [5.41, 5.74) is 2.71. The molecule has 2 aromatic rings. The lowest BCUT2D eigenvalue weighted by Crippen LogP contribution is -2.61. The van der Waals surface area contributed by atoms with Crippen LogP contribution in [-0.4, -0.2) is 85.5 Å². The Kier molecular flexibility index (Phi) is 5.15. The average Bonchev–Trinajstić information content (AvgIpc) is 3.03. The molecule has 2 aromatic heterocycles. The third-order valence-electron chi connectivity index (χ3n) is 5.68. The van der Waals surface area contributed by atoms with E-state index in [2.05, 4.69) is 4.98 Å². The van der Waals surface area contributed by atoms with Crippen LogP contribution in [0, 0.1) is 0 Å². The van der Waals surface area contributed by atoms with Crippen LogP contribution in [0.1, 0.15) is 24.3 Å². The number of nitrogens with zero attached hydrogens (tertiary/aromatic N) is 4. The first-order chi connectivity index (χ1) is 13.4. The van der Waals surface area contributed by atoms with Crippen LogP contribution in [0.3, 0.4) is 0 Å². The Labute approximate surface area is 165 Å². The minimum atomic E-state index is -3.37. The molecule has 0 unspecified atom stereocenters. The molecule has 0 aromatic carbocycles. The number of carbonyl (C=O) groups excluding carboxylic acids is 1. The molecule has 2 aliphatic rings. The fraction of sp³-hybridized carbons (Fsp3) is 0.579. The molecule has 1 amide bonds. The highest BCUT2D eigenvalue weighted by atomic mass is 32.2. The number of piperidine rings is 1. The summed E-state index contributed by atoms with van der Waals surface area (Å²) in [5.74, 6) is 0.233. The SMILES string of the molecule is CN(C)CC(=O)N1CC(S(=O)(=O)N2CCC(c3coc4cccnc34)CC2)C1. The summed E-state index contributed by atoms with van der Waals surface area (Å²) >= 11 is 0. The molecule has 2 fully saturated rings. The third-order valence-corrected chi connectivity index (χ3v) is 7.91. The Morgan fingerprint density at radius 3 is 2.68 bits per heavy atom. The Morgan fingerprint density at radius 1 is 1.29 bits per heavy atom. The van der Waals surface area contributed by atoms with Gasteiger partial charge in [0.25, 0.3) is 0 Å². The van der Waals surface area contributed by atoms with Gasteiger partial charge in [0.2, 0.25) is 15.9 Å². The van der Waals surface area contributed by atoms with Gasteiger partial charge in [-0.25, -0.2) is 12.7 Å². The third kappa shape index (κ3) is 3.54. The van der Waals surface area contributed by atoms with Crippen molar-refractivity contribution >= 4 is 27.0 Å². The van der Waals surface area contributed by atoms with Gasteiger partial charge in [-0.3, -0.25) is 9.78 Å². The Morgan fingerprint density at radius 2 is 2.00 bits per heavy atom. The number of amides is 1. The number of rotatable bonds is 5. The molecule has 8 nitrogen and oxygen atoms in total. The molecular formula is C19H26N4O4S. The second-order valence-electron chi connectivity index (χ2n) is 7.92. The molecule has 2 aliphatic heterocycles. The second kappa shape index (κ2) is 7.46. The molecule has 0 spiro atoms. The maximum absolute atomic E-state index is 12.9. The monoisotopic (exact) mass is 406 g/mol. The van der Waals surface area contributed by atoms with E-state index in [1.165, 1.54) is 0 Å². The van der Waals surface area contributed by atoms with Crippen molar-refractivity contribution in [3.05, 3.63) is 30.2 Å². The molecule has 4 heterocycles. The number of hydrogen-bond donors (Lipinski definition) is 0. The number of aromatic nitrogens is 1. The van der Waals surface area contributed by atoms with E-state index in [-0.39, 0.29) is 11.8 Å². The van der Waals surface area contributed by atoms with Crippen LogP contribution >= 0.6 is 0 Å². The summed E-state index contributed by atoms with van der Waals surface area (Å²) in [6.07, 6.45) is 5.01. The second-order valence-corrected chi connectivity index (χ2v) is 10.1. The first-order valence-electron chi connectivity index (χ1n) is 9.60. The van der Waals surface area contributed by atoms with E-state index in [9.17, 15) is 13.2 Å². The van der Waals surface area contributed by atoms with Crippen LogP contribution in [0.2, 0.25) is 0 Å². The molecule has 0 bridgehead atoms. The van der Waals surface area contributed by atoms with Crippen molar-refractivity contribution in [2.75, 3.05) is 46.8 Å². The zero-order chi connectivity index (χ0) is 19.9. The number of likely N-dealkylation sites (tertiary alicyclic amines) is 1. The van der Waals surface area contributed by atoms with E-state index in [0.29, 0.717) is 32.7 Å². The molecule has 2 saturated heterocycles. The Balaban J connectivity index is 1.35. The summed E-state index contributed by atoms with van der Waals surface area (Å²) < 4.78 is 33.0. The van der Waals surface area contributed by atoms with Crippen LogP contribution in [0.15, 0.2) is 29.0 Å². The van der Waals surface area contributed by atoms with Crippen LogP contribution in [0.4, 0.5) is 0 Å². The molecule has 0 saturated carbocycles. The topological polar surface area (TPSA) is 87.0 Å². The van der Waals surface area contributed by atoms with E-state index in [1.807, 2.05) is 26.2 Å². The van der Waals surface area contributed by atoms with E-state index < -0.39 is 15.3 Å². The lowest BCUT2D eigenvalue weighted by atomic mass is 9.91. The van der Waals surface area contributed by atoms with Crippen molar-refractivity contribution < 1.29 is 17.6 Å². The number of carbonyl (C=O) groups is 1. The van der Waals surface area contributed by atoms with Gasteiger partial charge in [0.15, 0.2) is 5.58 Å². The molecule has 0 atom stereocenters. The highest BCUT2D eigenvalue weighted by Crippen LogP contribution is 2.35. The van der Waals surface area contributed by atoms with Crippen LogP contribution in [0.5, 0.6) is 0 Å². The normalized spacial score (nSPS) is 20.0. The molecule has 152 valence electrons. The number of hydrogen-bond acceptors (Lipinski definition) is 6. The zero-order valence-corrected chi connectivity index (χ0v) is 17.1. The Bertz CT molecular complexity index is 957. The first-order valence-corrected chi connectivity index (χ1v) is 11.1. The van der Waals surface area contributed by atoms with Gasteiger partial charge in [-0.05, 0) is 45.0 Å². The van der Waals surface area contributed by atoms with Gasteiger partial charge in [0.05, 0.1) is 12.8 Å². The molecule has 4 rings (SSSR count). The van der Waals surface area contributed by atoms with E-state index in [0.717, 1.165) is 29.5 Å². The number of furan rings is 1. The fourth-order valence-corrected chi connectivity index (χ4v) is 5.89. The summed E-state index contributed by atoms with van der Waals surface area (Å²) in [6, 6.07) is 3.74. The van der Waals surface area contributed by atoms with E-state index >= 15 is 0 Å². The largest absolute Gasteiger partial charge is 0.462 e. The first kappa shape index (κ1) is 19.4. The number of fused-ring (bicyclic) bond motifs is 1. The molecule has 0 radical (unpaired) electrons. The van der Waals surface area contributed by atoms with E-state index in [1.54, 1.807) is 26.6 Å². The van der Waals surface area contributed by atoms with Crippen molar-refractivity contribution in [1.82, 2.24) is 19.1 Å². The van der Waals surface area contributed by atoms with Gasteiger partial charge in [0, 0.05) is 37.9 Å². The lowest BCUT2D eigenvalue weighted by molar-refractivity contribution is -0.135. The predicted molar refractivity (Wildman–Crippen MR) is 105 cm³/mol. The quantitative estimate of drug-likeness (QED) is 0.739. The van der Waals surface area contributed by atoms with Gasteiger partial charge in [-0.2, -0.15) is 0 Å². The fourth-order valence-electron chi connectivity index (χ4n) is 4.01. The predicted octanol–water partition coefficient (Wildman–Crippen LogP) is 1.11. The smallest absolute Gasteiger partial charge is 0.236 e. The average molecular weight is 407 g/mol. The molecule has 28 heavy (non-hydrogen) atoms.